The van der Waals surface area contributed by atoms with E-state index >= 15 is 0 Å². The van der Waals surface area contributed by atoms with Crippen LogP contribution in [-0.4, -0.2) is 36.5 Å². The molecule has 0 saturated carbocycles. The van der Waals surface area contributed by atoms with E-state index in [1.807, 2.05) is 62.4 Å². The normalized spacial score (nSPS) is 16.8. The van der Waals surface area contributed by atoms with Crippen LogP contribution < -0.4 is 14.5 Å². The molecule has 37 heavy (non-hydrogen) atoms. The third-order valence-corrected chi connectivity index (χ3v) is 6.64. The minimum absolute atomic E-state index is 0.0646. The van der Waals surface area contributed by atoms with Gasteiger partial charge in [0.25, 0.3) is 11.7 Å². The number of anilines is 2. The highest BCUT2D eigenvalue weighted by Gasteiger charge is 2.47. The average molecular weight is 499 g/mol. The lowest BCUT2D eigenvalue weighted by atomic mass is 9.94. The molecule has 0 spiro atoms. The highest BCUT2D eigenvalue weighted by molar-refractivity contribution is 6.51. The number of ether oxygens (including phenoxy) is 1. The Morgan fingerprint density at radius 2 is 1.65 bits per heavy atom. The van der Waals surface area contributed by atoms with Gasteiger partial charge in [-0.2, -0.15) is 0 Å². The van der Waals surface area contributed by atoms with E-state index in [9.17, 15) is 14.7 Å². The maximum Gasteiger partial charge on any atom is 0.300 e. The summed E-state index contributed by atoms with van der Waals surface area (Å²) < 4.78 is 5.73. The van der Waals surface area contributed by atoms with E-state index in [1.54, 1.807) is 24.3 Å². The highest BCUT2D eigenvalue weighted by atomic mass is 16.5. The smallest absolute Gasteiger partial charge is 0.300 e. The predicted molar refractivity (Wildman–Crippen MR) is 148 cm³/mol. The third-order valence-electron chi connectivity index (χ3n) is 6.64. The van der Waals surface area contributed by atoms with Crippen LogP contribution in [0.3, 0.4) is 0 Å². The molecule has 4 rings (SSSR count). The second kappa shape index (κ2) is 11.3. The first kappa shape index (κ1) is 26.0. The first-order chi connectivity index (χ1) is 17.9. The van der Waals surface area contributed by atoms with Gasteiger partial charge in [-0.05, 0) is 74.7 Å². The van der Waals surface area contributed by atoms with Crippen LogP contribution in [0.15, 0.2) is 78.4 Å². The quantitative estimate of drug-likeness (QED) is 0.214. The zero-order valence-corrected chi connectivity index (χ0v) is 21.9. The minimum Gasteiger partial charge on any atom is -0.507 e. The average Bonchev–Trinajstić information content (AvgIpc) is 3.18. The van der Waals surface area contributed by atoms with Crippen LogP contribution in [0, 0.1) is 6.92 Å². The molecule has 3 aromatic rings. The molecule has 3 aromatic carbocycles. The number of carbonyl (C=O) groups is 2. The second-order valence-electron chi connectivity index (χ2n) is 9.15. The van der Waals surface area contributed by atoms with E-state index in [0.29, 0.717) is 23.6 Å². The monoisotopic (exact) mass is 498 g/mol. The van der Waals surface area contributed by atoms with Crippen molar-refractivity contribution >= 4 is 28.8 Å². The number of amides is 1. The molecule has 0 aliphatic carbocycles. The summed E-state index contributed by atoms with van der Waals surface area (Å²) in [5.41, 5.74) is 3.88. The van der Waals surface area contributed by atoms with Crippen LogP contribution >= 0.6 is 0 Å². The van der Waals surface area contributed by atoms with Crippen LogP contribution in [-0.2, 0) is 9.59 Å². The van der Waals surface area contributed by atoms with Gasteiger partial charge in [0.05, 0.1) is 18.2 Å². The lowest BCUT2D eigenvalue weighted by molar-refractivity contribution is -0.132. The molecular weight excluding hydrogens is 464 g/mol. The topological polar surface area (TPSA) is 70.1 Å². The molecule has 1 aliphatic heterocycles. The van der Waals surface area contributed by atoms with Crippen LogP contribution in [0.5, 0.6) is 5.75 Å². The number of ketones is 1. The van der Waals surface area contributed by atoms with Crippen LogP contribution in [0.1, 0.15) is 49.9 Å². The Hall–Kier alpha value is -4.06. The van der Waals surface area contributed by atoms with E-state index in [2.05, 4.69) is 18.7 Å². The molecule has 1 N–H and O–H groups in total. The van der Waals surface area contributed by atoms with E-state index in [0.717, 1.165) is 36.3 Å². The summed E-state index contributed by atoms with van der Waals surface area (Å²) in [6.45, 7) is 10.4. The standard InChI is InChI=1S/C31H34N2O4/c1-5-18-37-26-13-9-11-23(20-26)29(34)27-28(22-14-16-24(17-15-22)32(6-2)7-3)33(31(36)30(27)35)25-12-8-10-21(4)19-25/h8-17,19-20,28,34H,5-7,18H2,1-4H3/b29-27+. The number of aliphatic hydroxyl groups is 1. The van der Waals surface area contributed by atoms with Crippen molar-refractivity contribution in [3.8, 4) is 5.75 Å². The van der Waals surface area contributed by atoms with Gasteiger partial charge in [-0.15, -0.1) is 0 Å². The summed E-state index contributed by atoms with van der Waals surface area (Å²) in [5.74, 6) is -0.993. The molecule has 1 saturated heterocycles. The van der Waals surface area contributed by atoms with Gasteiger partial charge in [0.1, 0.15) is 11.5 Å². The van der Waals surface area contributed by atoms with Gasteiger partial charge in [-0.3, -0.25) is 14.5 Å². The number of aryl methyl sites for hydroxylation is 1. The Balaban J connectivity index is 1.87. The van der Waals surface area contributed by atoms with Crippen molar-refractivity contribution < 1.29 is 19.4 Å². The van der Waals surface area contributed by atoms with Gasteiger partial charge >= 0.3 is 0 Å². The Bertz CT molecular complexity index is 1310. The van der Waals surface area contributed by atoms with Gasteiger partial charge < -0.3 is 14.7 Å². The summed E-state index contributed by atoms with van der Waals surface area (Å²) in [7, 11) is 0. The van der Waals surface area contributed by atoms with Gasteiger partial charge in [-0.1, -0.05) is 43.3 Å². The number of Topliss-reactive ketones (excluding diaryl/α,β-unsaturated/α-hetero) is 1. The molecule has 1 unspecified atom stereocenters. The molecular formula is C31H34N2O4. The van der Waals surface area contributed by atoms with E-state index in [1.165, 1.54) is 4.90 Å². The van der Waals surface area contributed by atoms with Crippen molar-refractivity contribution in [3.63, 3.8) is 0 Å². The molecule has 1 atom stereocenters. The number of benzene rings is 3. The molecule has 1 fully saturated rings. The van der Waals surface area contributed by atoms with E-state index < -0.39 is 17.7 Å². The maximum atomic E-state index is 13.4. The van der Waals surface area contributed by atoms with E-state index in [-0.39, 0.29) is 11.3 Å². The molecule has 1 aliphatic rings. The van der Waals surface area contributed by atoms with Crippen LogP contribution in [0.2, 0.25) is 0 Å². The zero-order valence-electron chi connectivity index (χ0n) is 21.9. The number of hydrogen-bond donors (Lipinski definition) is 1. The van der Waals surface area contributed by atoms with Crippen molar-refractivity contribution in [1.82, 2.24) is 0 Å². The lowest BCUT2D eigenvalue weighted by Crippen LogP contribution is -2.29. The van der Waals surface area contributed by atoms with Crippen molar-refractivity contribution in [3.05, 3.63) is 95.1 Å². The van der Waals surface area contributed by atoms with Crippen molar-refractivity contribution in [2.75, 3.05) is 29.5 Å². The van der Waals surface area contributed by atoms with Crippen LogP contribution in [0.4, 0.5) is 11.4 Å². The first-order valence-corrected chi connectivity index (χ1v) is 12.8. The molecule has 0 radical (unpaired) electrons. The van der Waals surface area contributed by atoms with Gasteiger partial charge in [0, 0.05) is 30.0 Å². The molecule has 1 heterocycles. The van der Waals surface area contributed by atoms with Gasteiger partial charge in [0.2, 0.25) is 0 Å². The van der Waals surface area contributed by atoms with Crippen LogP contribution in [0.25, 0.3) is 5.76 Å². The lowest BCUT2D eigenvalue weighted by Gasteiger charge is -2.27. The molecule has 1 amide bonds. The van der Waals surface area contributed by atoms with Gasteiger partial charge in [-0.25, -0.2) is 0 Å². The maximum absolute atomic E-state index is 13.4. The molecule has 0 bridgehead atoms. The number of carbonyl (C=O) groups excluding carboxylic acids is 2. The largest absolute Gasteiger partial charge is 0.507 e. The van der Waals surface area contributed by atoms with Gasteiger partial charge in [0.15, 0.2) is 0 Å². The first-order valence-electron chi connectivity index (χ1n) is 12.8. The Labute approximate surface area is 218 Å². The zero-order chi connectivity index (χ0) is 26.5. The van der Waals surface area contributed by atoms with E-state index in [4.69, 9.17) is 4.74 Å². The number of hydrogen-bond acceptors (Lipinski definition) is 5. The molecule has 192 valence electrons. The fourth-order valence-electron chi connectivity index (χ4n) is 4.76. The SMILES string of the molecule is CCCOc1cccc(/C(O)=C2\C(=O)C(=O)N(c3cccc(C)c3)C2c2ccc(N(CC)CC)cc2)c1. The van der Waals surface area contributed by atoms with Crippen molar-refractivity contribution in [2.45, 2.75) is 40.2 Å². The number of aliphatic hydroxyl groups excluding tert-OH is 1. The fraction of sp³-hybridized carbons (Fsp3) is 0.290. The molecule has 0 aromatic heterocycles. The molecule has 6 heteroatoms. The number of rotatable bonds is 9. The predicted octanol–water partition coefficient (Wildman–Crippen LogP) is 6.26. The summed E-state index contributed by atoms with van der Waals surface area (Å²) in [6, 6.07) is 21.6. The third kappa shape index (κ3) is 5.24. The number of nitrogens with zero attached hydrogens (tertiary/aromatic N) is 2. The fourth-order valence-corrected chi connectivity index (χ4v) is 4.76. The van der Waals surface area contributed by atoms with Crippen molar-refractivity contribution in [1.29, 1.82) is 0 Å². The summed E-state index contributed by atoms with van der Waals surface area (Å²) in [6.07, 6.45) is 0.849. The summed E-state index contributed by atoms with van der Waals surface area (Å²) >= 11 is 0. The highest BCUT2D eigenvalue weighted by Crippen LogP contribution is 2.43. The van der Waals surface area contributed by atoms with Crippen molar-refractivity contribution in [2.24, 2.45) is 0 Å². The Kier molecular flexibility index (Phi) is 7.97. The Morgan fingerprint density at radius 3 is 2.30 bits per heavy atom. The molecule has 6 nitrogen and oxygen atoms in total. The Morgan fingerprint density at radius 1 is 0.946 bits per heavy atom. The second-order valence-corrected chi connectivity index (χ2v) is 9.15. The summed E-state index contributed by atoms with van der Waals surface area (Å²) in [4.78, 5) is 30.6. The minimum atomic E-state index is -0.771. The summed E-state index contributed by atoms with van der Waals surface area (Å²) in [5, 5.41) is 11.4.